The molecule has 1 rings (SSSR count). The lowest BCUT2D eigenvalue weighted by Gasteiger charge is -2.15. The Bertz CT molecular complexity index is 416. The van der Waals surface area contributed by atoms with Gasteiger partial charge in [0.05, 0.1) is 19.3 Å². The zero-order valence-corrected chi connectivity index (χ0v) is 10.2. The average Bonchev–Trinajstić information content (AvgIpc) is 2.40. The van der Waals surface area contributed by atoms with Crippen molar-refractivity contribution in [2.45, 2.75) is 13.0 Å². The molecule has 0 unspecified atom stereocenters. The monoisotopic (exact) mass is 249 g/mol. The summed E-state index contributed by atoms with van der Waals surface area (Å²) in [5, 5.41) is 3.48. The van der Waals surface area contributed by atoms with E-state index in [1.165, 1.54) is 0 Å². The van der Waals surface area contributed by atoms with Gasteiger partial charge in [-0.15, -0.1) is 0 Å². The van der Waals surface area contributed by atoms with E-state index in [-0.39, 0.29) is 13.2 Å². The molecule has 0 aliphatic carbocycles. The zero-order chi connectivity index (χ0) is 13.2. The minimum absolute atomic E-state index is 0.139. The largest absolute Gasteiger partial charge is 0.464 e. The highest BCUT2D eigenvalue weighted by molar-refractivity contribution is 5.70. The van der Waals surface area contributed by atoms with Crippen LogP contribution in [0.25, 0.3) is 10.4 Å². The van der Waals surface area contributed by atoms with E-state index in [0.717, 1.165) is 5.56 Å². The molecule has 96 valence electrons. The van der Waals surface area contributed by atoms with Gasteiger partial charge < -0.3 is 9.47 Å². The molecule has 0 heterocycles. The Morgan fingerprint density at radius 2 is 2.17 bits per heavy atom. The normalized spacial score (nSPS) is 11.4. The number of rotatable bonds is 7. The molecule has 0 amide bonds. The molecule has 0 aliphatic rings. The third-order valence-electron chi connectivity index (χ3n) is 2.19. The van der Waals surface area contributed by atoms with Crippen LogP contribution in [0.4, 0.5) is 0 Å². The van der Waals surface area contributed by atoms with E-state index in [1.807, 2.05) is 30.3 Å². The van der Waals surface area contributed by atoms with Gasteiger partial charge in [-0.25, -0.2) is 4.79 Å². The number of benzene rings is 1. The first-order chi connectivity index (χ1) is 8.77. The van der Waals surface area contributed by atoms with Crippen LogP contribution >= 0.6 is 0 Å². The van der Waals surface area contributed by atoms with Crippen LogP contribution in [-0.4, -0.2) is 25.7 Å². The van der Waals surface area contributed by atoms with E-state index < -0.39 is 12.1 Å². The molecule has 6 heteroatoms. The molecule has 1 aromatic carbocycles. The smallest absolute Gasteiger partial charge is 0.332 e. The topological polar surface area (TPSA) is 84.3 Å². The van der Waals surface area contributed by atoms with Crippen LogP contribution in [0, 0.1) is 0 Å². The molecule has 0 saturated carbocycles. The van der Waals surface area contributed by atoms with Crippen molar-refractivity contribution in [2.24, 2.45) is 5.11 Å². The molecule has 6 nitrogen and oxygen atoms in total. The third-order valence-corrected chi connectivity index (χ3v) is 2.19. The van der Waals surface area contributed by atoms with Gasteiger partial charge >= 0.3 is 5.97 Å². The predicted molar refractivity (Wildman–Crippen MR) is 65.8 cm³/mol. The molecule has 0 N–H and O–H groups in total. The van der Waals surface area contributed by atoms with Crippen LogP contribution in [0.1, 0.15) is 18.6 Å². The lowest BCUT2D eigenvalue weighted by atomic mass is 10.1. The fourth-order valence-corrected chi connectivity index (χ4v) is 1.40. The number of hydrogen-bond donors (Lipinski definition) is 0. The predicted octanol–water partition coefficient (Wildman–Crippen LogP) is 2.62. The van der Waals surface area contributed by atoms with Gasteiger partial charge in [-0.1, -0.05) is 35.4 Å². The van der Waals surface area contributed by atoms with E-state index in [2.05, 4.69) is 10.0 Å². The van der Waals surface area contributed by atoms with E-state index in [4.69, 9.17) is 15.0 Å². The highest BCUT2D eigenvalue weighted by Gasteiger charge is 2.13. The fourth-order valence-electron chi connectivity index (χ4n) is 1.40. The van der Waals surface area contributed by atoms with Crippen molar-refractivity contribution >= 4 is 5.97 Å². The Balaban J connectivity index is 2.62. The van der Waals surface area contributed by atoms with Gasteiger partial charge in [0.1, 0.15) is 6.61 Å². The second-order valence-corrected chi connectivity index (χ2v) is 3.43. The van der Waals surface area contributed by atoms with Crippen molar-refractivity contribution in [1.29, 1.82) is 0 Å². The standard InChI is InChI=1S/C12H15N3O3/c1-2-17-12(16)9-18-11(8-14-15-13)10-6-4-3-5-7-10/h3-7,11H,2,8-9H2,1H3/t11-/m0/s1. The molecule has 1 aromatic rings. The molecule has 0 aromatic heterocycles. The Hall–Kier alpha value is -2.04. The first kappa shape index (κ1) is 14.0. The molecule has 0 saturated heterocycles. The molecule has 0 radical (unpaired) electrons. The lowest BCUT2D eigenvalue weighted by molar-refractivity contribution is -0.150. The van der Waals surface area contributed by atoms with Crippen LogP contribution < -0.4 is 0 Å². The molecule has 1 atom stereocenters. The van der Waals surface area contributed by atoms with Gasteiger partial charge in [-0.05, 0) is 18.0 Å². The maximum Gasteiger partial charge on any atom is 0.332 e. The maximum atomic E-state index is 11.2. The molecular formula is C12H15N3O3. The van der Waals surface area contributed by atoms with Gasteiger partial charge in [0.2, 0.25) is 0 Å². The van der Waals surface area contributed by atoms with Crippen LogP contribution in [-0.2, 0) is 14.3 Å². The summed E-state index contributed by atoms with van der Waals surface area (Å²) in [6, 6.07) is 9.28. The van der Waals surface area contributed by atoms with Crippen LogP contribution in [0.3, 0.4) is 0 Å². The van der Waals surface area contributed by atoms with E-state index in [1.54, 1.807) is 6.92 Å². The maximum absolute atomic E-state index is 11.2. The minimum atomic E-state index is -0.438. The second kappa shape index (κ2) is 8.11. The minimum Gasteiger partial charge on any atom is -0.464 e. The molecular weight excluding hydrogens is 234 g/mol. The summed E-state index contributed by atoms with van der Waals surface area (Å²) in [5.74, 6) is -0.431. The summed E-state index contributed by atoms with van der Waals surface area (Å²) >= 11 is 0. The van der Waals surface area contributed by atoms with Gasteiger partial charge in [0, 0.05) is 4.91 Å². The Morgan fingerprint density at radius 3 is 2.78 bits per heavy atom. The number of esters is 1. The number of azide groups is 1. The summed E-state index contributed by atoms with van der Waals surface area (Å²) < 4.78 is 10.2. The van der Waals surface area contributed by atoms with Gasteiger partial charge in [0.15, 0.2) is 0 Å². The third kappa shape index (κ3) is 4.86. The first-order valence-electron chi connectivity index (χ1n) is 5.61. The molecule has 0 fully saturated rings. The fraction of sp³-hybridized carbons (Fsp3) is 0.417. The number of ether oxygens (including phenoxy) is 2. The average molecular weight is 249 g/mol. The highest BCUT2D eigenvalue weighted by atomic mass is 16.6. The SMILES string of the molecule is CCOC(=O)CO[C@@H](CN=[N+]=[N-])c1ccccc1. The van der Waals surface area contributed by atoms with Crippen molar-refractivity contribution in [3.05, 3.63) is 46.3 Å². The van der Waals surface area contributed by atoms with E-state index in [9.17, 15) is 4.79 Å². The van der Waals surface area contributed by atoms with Gasteiger partial charge in [-0.2, -0.15) is 0 Å². The van der Waals surface area contributed by atoms with Crippen molar-refractivity contribution in [1.82, 2.24) is 0 Å². The summed E-state index contributed by atoms with van der Waals surface area (Å²) in [4.78, 5) is 13.9. The van der Waals surface area contributed by atoms with E-state index >= 15 is 0 Å². The molecule has 0 bridgehead atoms. The summed E-state index contributed by atoms with van der Waals surface area (Å²) in [7, 11) is 0. The van der Waals surface area contributed by atoms with E-state index in [0.29, 0.717) is 6.61 Å². The zero-order valence-electron chi connectivity index (χ0n) is 10.2. The number of carbonyl (C=O) groups is 1. The van der Waals surface area contributed by atoms with Crippen molar-refractivity contribution in [3.8, 4) is 0 Å². The first-order valence-corrected chi connectivity index (χ1v) is 5.61. The molecule has 18 heavy (non-hydrogen) atoms. The molecule has 0 spiro atoms. The summed E-state index contributed by atoms with van der Waals surface area (Å²) in [5.41, 5.74) is 9.19. The Kier molecular flexibility index (Phi) is 6.32. The Morgan fingerprint density at radius 1 is 1.44 bits per heavy atom. The van der Waals surface area contributed by atoms with Crippen molar-refractivity contribution in [3.63, 3.8) is 0 Å². The lowest BCUT2D eigenvalue weighted by Crippen LogP contribution is -2.17. The Labute approximate surface area is 105 Å². The number of nitrogens with zero attached hydrogens (tertiary/aromatic N) is 3. The van der Waals surface area contributed by atoms with Gasteiger partial charge in [-0.3, -0.25) is 0 Å². The molecule has 0 aliphatic heterocycles. The summed E-state index contributed by atoms with van der Waals surface area (Å²) in [6.45, 7) is 2.02. The number of carbonyl (C=O) groups excluding carboxylic acids is 1. The summed E-state index contributed by atoms with van der Waals surface area (Å²) in [6.07, 6.45) is -0.438. The van der Waals surface area contributed by atoms with Crippen molar-refractivity contribution in [2.75, 3.05) is 19.8 Å². The highest BCUT2D eigenvalue weighted by Crippen LogP contribution is 2.17. The quantitative estimate of drug-likeness (QED) is 0.322. The second-order valence-electron chi connectivity index (χ2n) is 3.43. The van der Waals surface area contributed by atoms with Crippen molar-refractivity contribution < 1.29 is 14.3 Å². The van der Waals surface area contributed by atoms with Gasteiger partial charge in [0.25, 0.3) is 0 Å². The number of hydrogen-bond acceptors (Lipinski definition) is 4. The van der Waals surface area contributed by atoms with Crippen LogP contribution in [0.5, 0.6) is 0 Å². The van der Waals surface area contributed by atoms with Crippen LogP contribution in [0.2, 0.25) is 0 Å². The van der Waals surface area contributed by atoms with Crippen LogP contribution in [0.15, 0.2) is 35.4 Å².